The maximum atomic E-state index is 13.5. The van der Waals surface area contributed by atoms with E-state index in [0.29, 0.717) is 25.7 Å². The van der Waals surface area contributed by atoms with Crippen molar-refractivity contribution in [3.8, 4) is 0 Å². The van der Waals surface area contributed by atoms with Crippen molar-refractivity contribution in [1.82, 2.24) is 0 Å². The monoisotopic (exact) mass is 720 g/mol. The second-order valence-corrected chi connectivity index (χ2v) is 17.5. The van der Waals surface area contributed by atoms with Gasteiger partial charge in [-0.3, -0.25) is 9.59 Å². The van der Waals surface area contributed by atoms with Gasteiger partial charge in [0.15, 0.2) is 6.29 Å². The molecule has 4 aliphatic carbocycles. The first kappa shape index (κ1) is 40.0. The molecule has 0 amide bonds. The fourth-order valence-corrected chi connectivity index (χ4v) is 11.5. The summed E-state index contributed by atoms with van der Waals surface area (Å²) >= 11 is 0. The lowest BCUT2D eigenvalue weighted by atomic mass is 9.38. The van der Waals surface area contributed by atoms with Gasteiger partial charge in [0.25, 0.3) is 0 Å². The number of hydrogen-bond donors (Lipinski definition) is 6. The normalized spacial score (nSPS) is 44.1. The molecule has 288 valence electrons. The number of carbonyl (C=O) groups is 3. The van der Waals surface area contributed by atoms with Crippen molar-refractivity contribution in [1.29, 1.82) is 0 Å². The number of aliphatic hydroxyl groups is 5. The van der Waals surface area contributed by atoms with E-state index < -0.39 is 84.8 Å². The highest BCUT2D eigenvalue weighted by atomic mass is 16.7. The largest absolute Gasteiger partial charge is 0.481 e. The number of aliphatic hydroxyl groups excluding tert-OH is 5. The van der Waals surface area contributed by atoms with Crippen LogP contribution in [0, 0.1) is 45.3 Å². The highest BCUT2D eigenvalue weighted by molar-refractivity contribution is 5.90. The number of aldehydes is 1. The molecule has 0 bridgehead atoms. The standard InChI is InChI=1S/C39H60O12/c1-20(2)14-22(49-35-33(48)32(47)31(46)27(18-40)50-35)15-21(3)23-10-11-38(7)34-26(42)16-25-24(39(34,19-41)13-12-37(23,38)6)8-9-28(36(25,4)5)51-30(45)17-29(43)44/h14,16,19,21-24,26-28,31-35,40,42,46-48H,8-13,15,17-18H2,1-7H3,(H,43,44)/t21-,22?,23?,24-,26+,27-,28+,31-,32+,33-,34?,35-,37-,38+,39-/m1/s1. The van der Waals surface area contributed by atoms with E-state index in [4.69, 9.17) is 19.3 Å². The van der Waals surface area contributed by atoms with Crippen molar-refractivity contribution in [3.63, 3.8) is 0 Å². The molecule has 0 aromatic rings. The van der Waals surface area contributed by atoms with Crippen LogP contribution in [0.15, 0.2) is 23.3 Å². The van der Waals surface area contributed by atoms with Crippen molar-refractivity contribution in [2.24, 2.45) is 45.3 Å². The molecule has 1 heterocycles. The Kier molecular flexibility index (Phi) is 11.4. The molecular formula is C39H60O12. The van der Waals surface area contributed by atoms with Crippen LogP contribution in [0.5, 0.6) is 0 Å². The molecule has 51 heavy (non-hydrogen) atoms. The van der Waals surface area contributed by atoms with Gasteiger partial charge in [-0.25, -0.2) is 0 Å². The van der Waals surface area contributed by atoms with Crippen LogP contribution in [0.1, 0.15) is 99.8 Å². The molecule has 0 radical (unpaired) electrons. The molecule has 12 nitrogen and oxygen atoms in total. The number of esters is 1. The smallest absolute Gasteiger partial charge is 0.317 e. The van der Waals surface area contributed by atoms with Gasteiger partial charge in [0.2, 0.25) is 0 Å². The van der Waals surface area contributed by atoms with Crippen molar-refractivity contribution in [2.75, 3.05) is 6.61 Å². The molecule has 12 heteroatoms. The Labute approximate surface area is 301 Å². The van der Waals surface area contributed by atoms with Gasteiger partial charge in [-0.1, -0.05) is 57.9 Å². The number of carboxylic acid groups (broad SMARTS) is 1. The Bertz CT molecular complexity index is 1390. The quantitative estimate of drug-likeness (QED) is 0.0789. The van der Waals surface area contributed by atoms with Gasteiger partial charge >= 0.3 is 11.9 Å². The zero-order valence-electron chi connectivity index (χ0n) is 31.2. The van der Waals surface area contributed by atoms with E-state index in [1.165, 1.54) is 0 Å². The van der Waals surface area contributed by atoms with E-state index in [1.807, 2.05) is 39.8 Å². The van der Waals surface area contributed by atoms with Gasteiger partial charge in [0, 0.05) is 16.7 Å². The maximum absolute atomic E-state index is 13.5. The van der Waals surface area contributed by atoms with E-state index in [-0.39, 0.29) is 34.5 Å². The summed E-state index contributed by atoms with van der Waals surface area (Å²) in [4.78, 5) is 37.0. The molecule has 0 aromatic carbocycles. The second kappa shape index (κ2) is 14.6. The van der Waals surface area contributed by atoms with E-state index in [9.17, 15) is 39.9 Å². The van der Waals surface area contributed by atoms with Crippen molar-refractivity contribution >= 4 is 18.2 Å². The van der Waals surface area contributed by atoms with Crippen molar-refractivity contribution < 1.29 is 59.2 Å². The number of carboxylic acids is 1. The van der Waals surface area contributed by atoms with Crippen LogP contribution in [-0.2, 0) is 28.6 Å². The molecule has 1 aliphatic heterocycles. The van der Waals surface area contributed by atoms with E-state index in [0.717, 1.165) is 36.7 Å². The summed E-state index contributed by atoms with van der Waals surface area (Å²) in [6.45, 7) is 14.0. The van der Waals surface area contributed by atoms with E-state index in [2.05, 4.69) is 20.8 Å². The molecule has 5 aliphatic rings. The predicted octanol–water partition coefficient (Wildman–Crippen LogP) is 3.31. The molecule has 0 spiro atoms. The summed E-state index contributed by atoms with van der Waals surface area (Å²) in [7, 11) is 0. The van der Waals surface area contributed by atoms with Gasteiger partial charge in [0.1, 0.15) is 43.2 Å². The number of rotatable bonds is 11. The minimum atomic E-state index is -1.54. The molecule has 5 rings (SSSR count). The average Bonchev–Trinajstić information content (AvgIpc) is 3.32. The fraction of sp³-hybridized carbons (Fsp3) is 0.821. The van der Waals surface area contributed by atoms with Gasteiger partial charge in [-0.15, -0.1) is 0 Å². The molecule has 0 aromatic heterocycles. The summed E-state index contributed by atoms with van der Waals surface area (Å²) in [6.07, 6.45) is 0.202. The summed E-state index contributed by atoms with van der Waals surface area (Å²) in [5.74, 6) is -2.17. The predicted molar refractivity (Wildman–Crippen MR) is 185 cm³/mol. The van der Waals surface area contributed by atoms with Gasteiger partial charge in [-0.05, 0) is 87.4 Å². The third kappa shape index (κ3) is 6.76. The lowest BCUT2D eigenvalue weighted by Crippen LogP contribution is -2.64. The highest BCUT2D eigenvalue weighted by Gasteiger charge is 2.71. The van der Waals surface area contributed by atoms with Gasteiger partial charge in [-0.2, -0.15) is 0 Å². The molecule has 4 fully saturated rings. The second-order valence-electron chi connectivity index (χ2n) is 17.5. The van der Waals surface area contributed by atoms with Crippen molar-refractivity contribution in [3.05, 3.63) is 23.3 Å². The Morgan fingerprint density at radius 1 is 0.980 bits per heavy atom. The van der Waals surface area contributed by atoms with Gasteiger partial charge in [0.05, 0.1) is 18.8 Å². The number of ether oxygens (including phenoxy) is 3. The Morgan fingerprint density at radius 2 is 1.67 bits per heavy atom. The average molecular weight is 721 g/mol. The van der Waals surface area contributed by atoms with Gasteiger partial charge < -0.3 is 49.6 Å². The first-order chi connectivity index (χ1) is 23.8. The molecule has 3 unspecified atom stereocenters. The summed E-state index contributed by atoms with van der Waals surface area (Å²) in [5.41, 5.74) is -0.217. The Hall–Kier alpha value is -2.19. The van der Waals surface area contributed by atoms with E-state index >= 15 is 0 Å². The number of aliphatic carboxylic acids is 1. The fourth-order valence-electron chi connectivity index (χ4n) is 11.5. The minimum absolute atomic E-state index is 0.118. The third-order valence-electron chi connectivity index (χ3n) is 14.2. The van der Waals surface area contributed by atoms with Crippen LogP contribution >= 0.6 is 0 Å². The van der Waals surface area contributed by atoms with Crippen LogP contribution in [0.2, 0.25) is 0 Å². The first-order valence-electron chi connectivity index (χ1n) is 18.7. The third-order valence-corrected chi connectivity index (χ3v) is 14.2. The van der Waals surface area contributed by atoms with Crippen LogP contribution in [0.3, 0.4) is 0 Å². The Morgan fingerprint density at radius 3 is 2.27 bits per heavy atom. The molecule has 15 atom stereocenters. The van der Waals surface area contributed by atoms with E-state index in [1.54, 1.807) is 0 Å². The summed E-state index contributed by atoms with van der Waals surface area (Å²) < 4.78 is 17.6. The van der Waals surface area contributed by atoms with Crippen LogP contribution in [0.25, 0.3) is 0 Å². The zero-order valence-corrected chi connectivity index (χ0v) is 31.2. The summed E-state index contributed by atoms with van der Waals surface area (Å²) in [6, 6.07) is 0. The molecular weight excluding hydrogens is 660 g/mol. The van der Waals surface area contributed by atoms with Crippen LogP contribution in [-0.4, -0.2) is 104 Å². The maximum Gasteiger partial charge on any atom is 0.317 e. The van der Waals surface area contributed by atoms with Crippen molar-refractivity contribution in [2.45, 2.75) is 149 Å². The first-order valence-corrected chi connectivity index (χ1v) is 18.7. The molecule has 1 saturated heterocycles. The number of allylic oxidation sites excluding steroid dienone is 1. The lowest BCUT2D eigenvalue weighted by molar-refractivity contribution is -0.308. The molecule has 3 saturated carbocycles. The lowest BCUT2D eigenvalue weighted by Gasteiger charge is -2.66. The number of fused-ring (bicyclic) bond motifs is 5. The highest BCUT2D eigenvalue weighted by Crippen LogP contribution is 2.74. The number of hydrogen-bond acceptors (Lipinski definition) is 11. The van der Waals surface area contributed by atoms with Crippen LogP contribution in [0.4, 0.5) is 0 Å². The zero-order chi connectivity index (χ0) is 37.8. The Balaban J connectivity index is 1.39. The summed E-state index contributed by atoms with van der Waals surface area (Å²) in [5, 5.41) is 62.2. The molecule has 6 N–H and O–H groups in total. The number of carbonyl (C=O) groups excluding carboxylic acids is 2. The SMILES string of the molecule is CC(C)=CC(C[C@@H](C)C1CC[C@@]2(C)C3[C@@H](O)C=C4[C@@H](CC[C@H](OC(=O)CC(=O)O)C4(C)C)[C@]3(C=O)CC[C@]12C)O[C@@H]1O[C@H](CO)[C@@H](O)[C@H](O)[C@H]1O. The minimum Gasteiger partial charge on any atom is -0.481 e. The van der Waals surface area contributed by atoms with Crippen LogP contribution < -0.4 is 0 Å². The topological polar surface area (TPSA) is 200 Å².